The van der Waals surface area contributed by atoms with E-state index in [1.807, 2.05) is 18.4 Å². The number of benzene rings is 2. The van der Waals surface area contributed by atoms with Crippen molar-refractivity contribution in [3.63, 3.8) is 0 Å². The number of aryl methyl sites for hydroxylation is 2. The zero-order valence-electron chi connectivity index (χ0n) is 44.4. The Balaban J connectivity index is 0.000000178. The van der Waals surface area contributed by atoms with Gasteiger partial charge in [-0.3, -0.25) is 14.2 Å². The van der Waals surface area contributed by atoms with Gasteiger partial charge in [-0.05, 0) is 62.3 Å². The molecule has 0 unspecified atom stereocenters. The highest BCUT2D eigenvalue weighted by molar-refractivity contribution is 6.76. The summed E-state index contributed by atoms with van der Waals surface area (Å²) in [6.45, 7) is 22.5. The first-order valence-corrected chi connectivity index (χ1v) is 32.5. The van der Waals surface area contributed by atoms with Crippen molar-refractivity contribution in [3.8, 4) is 22.8 Å². The molecule has 10 rings (SSSR count). The lowest BCUT2D eigenvalue weighted by Gasteiger charge is -2.31. The molecule has 0 radical (unpaired) electrons. The summed E-state index contributed by atoms with van der Waals surface area (Å²) in [5.41, 5.74) is 11.0. The number of aromatic nitrogens is 10. The Morgan fingerprint density at radius 3 is 1.56 bits per heavy atom. The van der Waals surface area contributed by atoms with Gasteiger partial charge in [-0.1, -0.05) is 39.3 Å². The summed E-state index contributed by atoms with van der Waals surface area (Å²) in [6.07, 6.45) is 6.45. The van der Waals surface area contributed by atoms with Gasteiger partial charge in [0.25, 0.3) is 5.91 Å². The zero-order valence-corrected chi connectivity index (χ0v) is 46.4. The molecule has 0 saturated carbocycles. The van der Waals surface area contributed by atoms with Crippen LogP contribution in [0, 0.1) is 23.5 Å². The SMILES string of the molecule is C[C@@H](N)C1COC1.C[C@@H](NC(=O)c1cn(COCC[Si](C)(C)C)c2ncc(-c3nn(C)c4cc(F)ccc34)nc12)C1COC1.Cn1nc(-c2cnc3c(n2)c(C(=O)O)cn3COCC[Si](C)(C)C)c2ccc(F)cc21. The van der Waals surface area contributed by atoms with Crippen LogP contribution in [0.25, 0.3) is 66.9 Å². The normalized spacial score (nSPS) is 15.1. The van der Waals surface area contributed by atoms with E-state index < -0.39 is 22.1 Å². The molecule has 2 fully saturated rings. The molecule has 19 nitrogen and oxygen atoms in total. The molecule has 23 heteroatoms. The summed E-state index contributed by atoms with van der Waals surface area (Å²) in [5, 5.41) is 23.2. The number of aromatic carboxylic acids is 1. The molecule has 2 atom stereocenters. The first kappa shape index (κ1) is 54.9. The van der Waals surface area contributed by atoms with E-state index in [1.165, 1.54) is 30.5 Å². The molecule has 400 valence electrons. The number of halogens is 2. The quantitative estimate of drug-likeness (QED) is 0.0576. The Labute approximate surface area is 435 Å². The number of amides is 1. The van der Waals surface area contributed by atoms with Crippen molar-refractivity contribution in [2.45, 2.75) is 90.8 Å². The second-order valence-electron chi connectivity index (χ2n) is 21.9. The lowest BCUT2D eigenvalue weighted by molar-refractivity contribution is -0.0453. The topological polar surface area (TPSA) is 226 Å². The third-order valence-electron chi connectivity index (χ3n) is 13.3. The van der Waals surface area contributed by atoms with Gasteiger partial charge in [-0.25, -0.2) is 33.5 Å². The van der Waals surface area contributed by atoms with E-state index in [0.717, 1.165) is 30.7 Å². The van der Waals surface area contributed by atoms with Gasteiger partial charge in [-0.15, -0.1) is 0 Å². The maximum Gasteiger partial charge on any atom is 0.339 e. The van der Waals surface area contributed by atoms with Crippen molar-refractivity contribution in [3.05, 3.63) is 83.9 Å². The molecule has 8 aromatic rings. The van der Waals surface area contributed by atoms with Crippen LogP contribution in [0.5, 0.6) is 0 Å². The lowest BCUT2D eigenvalue weighted by Crippen LogP contribution is -2.46. The molecule has 6 aromatic heterocycles. The predicted molar refractivity (Wildman–Crippen MR) is 289 cm³/mol. The van der Waals surface area contributed by atoms with Crippen LogP contribution in [0.2, 0.25) is 51.4 Å². The standard InChI is InChI=1S/C26H33FN6O3Si.C21H24FN5O3Si.C5H11NO/c1-16(17-13-36-14-17)29-26(34)20-12-33(15-35-8-9-37(3,4)5)25-24(20)30-21(11-28-25)23-19-7-6-18(27)10-22(19)32(2)31-23;1-26-17-9-13(22)5-6-14(17)18(25-26)16-10-23-20-19(24-16)15(21(28)29)11-27(20)12-30-7-8-31(2,3)4;1-4(6)5-2-7-3-5/h6-7,10-12,16-17H,8-9,13-15H2,1-5H3,(H,29,34);5-6,9-11H,7-8,12H2,1-4H3,(H,28,29);4-5H,2-3,6H2,1H3/t16-;;4-/m1.1/s1. The van der Waals surface area contributed by atoms with Crippen molar-refractivity contribution in [1.29, 1.82) is 0 Å². The van der Waals surface area contributed by atoms with Crippen LogP contribution in [0.3, 0.4) is 0 Å². The van der Waals surface area contributed by atoms with Crippen LogP contribution in [0.15, 0.2) is 61.2 Å². The maximum atomic E-state index is 13.8. The Morgan fingerprint density at radius 1 is 0.733 bits per heavy atom. The minimum Gasteiger partial charge on any atom is -0.478 e. The van der Waals surface area contributed by atoms with E-state index >= 15 is 0 Å². The number of carbonyl (C=O) groups excluding carboxylic acids is 1. The minimum absolute atomic E-state index is 0.0292. The minimum atomic E-state index is -1.23. The summed E-state index contributed by atoms with van der Waals surface area (Å²) >= 11 is 0. The first-order valence-electron chi connectivity index (χ1n) is 25.1. The number of nitrogens with one attached hydrogen (secondary N) is 1. The Kier molecular flexibility index (Phi) is 16.7. The molecule has 0 aliphatic carbocycles. The van der Waals surface area contributed by atoms with E-state index in [2.05, 4.69) is 69.7 Å². The van der Waals surface area contributed by atoms with Gasteiger partial charge in [0.15, 0.2) is 11.3 Å². The molecule has 8 heterocycles. The number of nitrogens with zero attached hydrogens (tertiary/aromatic N) is 10. The molecular formula is C52H68F2N12O7Si2. The molecule has 0 bridgehead atoms. The van der Waals surface area contributed by atoms with Crippen LogP contribution in [0.1, 0.15) is 34.6 Å². The van der Waals surface area contributed by atoms with Crippen molar-refractivity contribution in [2.24, 2.45) is 31.7 Å². The zero-order chi connectivity index (χ0) is 53.9. The van der Waals surface area contributed by atoms with Gasteiger partial charge < -0.3 is 44.2 Å². The van der Waals surface area contributed by atoms with E-state index in [-0.39, 0.29) is 48.1 Å². The third kappa shape index (κ3) is 13.0. The maximum absolute atomic E-state index is 13.8. The van der Waals surface area contributed by atoms with Gasteiger partial charge in [-0.2, -0.15) is 10.2 Å². The smallest absolute Gasteiger partial charge is 0.339 e. The average molecular weight is 1070 g/mol. The highest BCUT2D eigenvalue weighted by Gasteiger charge is 2.29. The van der Waals surface area contributed by atoms with Crippen LogP contribution < -0.4 is 11.1 Å². The molecule has 75 heavy (non-hydrogen) atoms. The van der Waals surface area contributed by atoms with Gasteiger partial charge in [0.2, 0.25) is 0 Å². The van der Waals surface area contributed by atoms with Gasteiger partial charge in [0.1, 0.15) is 64.5 Å². The predicted octanol–water partition coefficient (Wildman–Crippen LogP) is 8.32. The number of carboxylic acid groups (broad SMARTS) is 1. The lowest BCUT2D eigenvalue weighted by atomic mass is 9.99. The number of hydrogen-bond donors (Lipinski definition) is 3. The second kappa shape index (κ2) is 22.9. The van der Waals surface area contributed by atoms with Crippen LogP contribution >= 0.6 is 0 Å². The highest BCUT2D eigenvalue weighted by Crippen LogP contribution is 2.31. The van der Waals surface area contributed by atoms with Gasteiger partial charge >= 0.3 is 5.97 Å². The largest absolute Gasteiger partial charge is 0.478 e. The number of fused-ring (bicyclic) bond motifs is 4. The molecular weight excluding hydrogens is 999 g/mol. The summed E-state index contributed by atoms with van der Waals surface area (Å²) in [7, 11) is 1.03. The second-order valence-corrected chi connectivity index (χ2v) is 33.1. The Morgan fingerprint density at radius 2 is 1.17 bits per heavy atom. The summed E-state index contributed by atoms with van der Waals surface area (Å²) < 4.78 is 56.1. The van der Waals surface area contributed by atoms with Crippen molar-refractivity contribution in [2.75, 3.05) is 39.6 Å². The number of rotatable bonds is 17. The molecule has 2 aliphatic rings. The number of nitrogens with two attached hydrogens (primary N) is 1. The number of carbonyl (C=O) groups is 2. The van der Waals surface area contributed by atoms with Crippen molar-refractivity contribution < 1.29 is 42.4 Å². The van der Waals surface area contributed by atoms with Crippen molar-refractivity contribution in [1.82, 2.24) is 53.9 Å². The molecule has 2 aromatic carbocycles. The fourth-order valence-corrected chi connectivity index (χ4v) is 9.79. The van der Waals surface area contributed by atoms with E-state index in [4.69, 9.17) is 29.7 Å². The summed E-state index contributed by atoms with van der Waals surface area (Å²) in [5.74, 6) is -1.07. The fourth-order valence-electron chi connectivity index (χ4n) is 8.28. The monoisotopic (exact) mass is 1070 g/mol. The highest BCUT2D eigenvalue weighted by atomic mass is 28.3. The van der Waals surface area contributed by atoms with Gasteiger partial charge in [0, 0.05) is 90.5 Å². The van der Waals surface area contributed by atoms with E-state index in [0.29, 0.717) is 106 Å². The van der Waals surface area contributed by atoms with E-state index in [9.17, 15) is 23.5 Å². The number of carboxylic acids is 1. The molecule has 4 N–H and O–H groups in total. The Hall–Kier alpha value is -6.35. The molecule has 0 spiro atoms. The molecule has 2 saturated heterocycles. The third-order valence-corrected chi connectivity index (χ3v) is 16.7. The molecule has 1 amide bonds. The van der Waals surface area contributed by atoms with Crippen molar-refractivity contribution >= 4 is 72.2 Å². The summed E-state index contributed by atoms with van der Waals surface area (Å²) in [6, 6.07) is 11.3. The molecule has 2 aliphatic heterocycles. The average Bonchev–Trinajstić information content (AvgIpc) is 4.05. The number of ether oxygens (including phenoxy) is 4. The Bertz CT molecular complexity index is 3340. The summed E-state index contributed by atoms with van der Waals surface area (Å²) in [4.78, 5) is 43.7. The van der Waals surface area contributed by atoms with Crippen LogP contribution in [-0.4, -0.2) is 133 Å². The first-order chi connectivity index (χ1) is 35.5. The van der Waals surface area contributed by atoms with E-state index in [1.54, 1.807) is 58.7 Å². The van der Waals surface area contributed by atoms with Crippen LogP contribution in [0.4, 0.5) is 8.78 Å². The fraction of sp³-hybridized carbons (Fsp3) is 0.462. The van der Waals surface area contributed by atoms with Crippen LogP contribution in [-0.2, 0) is 46.5 Å². The van der Waals surface area contributed by atoms with Gasteiger partial charge in [0.05, 0.1) is 55.4 Å². The number of hydrogen-bond acceptors (Lipinski definition) is 13.